The molecule has 2 aromatic rings. The van der Waals surface area contributed by atoms with E-state index in [1.807, 2.05) is 30.3 Å². The summed E-state index contributed by atoms with van der Waals surface area (Å²) in [6.45, 7) is 3.58. The normalized spacial score (nSPS) is 14.4. The standard InChI is InChI=1S/C19H22N2O3/c20-19(22)17-7-6-16(21-9-12-23-13-10-21)14-18(17)24-11-8-15-4-2-1-3-5-15/h1-7,14H,8-13H2,(H2,20,22). The maximum absolute atomic E-state index is 11.7. The number of amides is 1. The largest absolute Gasteiger partial charge is 0.492 e. The number of hydrogen-bond acceptors (Lipinski definition) is 4. The van der Waals surface area contributed by atoms with Crippen LogP contribution in [0.15, 0.2) is 48.5 Å². The fraction of sp³-hybridized carbons (Fsp3) is 0.316. The van der Waals surface area contributed by atoms with Crippen molar-refractivity contribution in [2.45, 2.75) is 6.42 Å². The number of primary amides is 1. The topological polar surface area (TPSA) is 64.8 Å². The van der Waals surface area contributed by atoms with Gasteiger partial charge in [0.15, 0.2) is 0 Å². The fourth-order valence-corrected chi connectivity index (χ4v) is 2.78. The summed E-state index contributed by atoms with van der Waals surface area (Å²) in [5, 5.41) is 0. The zero-order valence-electron chi connectivity index (χ0n) is 13.6. The monoisotopic (exact) mass is 326 g/mol. The van der Waals surface area contributed by atoms with Gasteiger partial charge in [-0.05, 0) is 17.7 Å². The molecule has 5 heteroatoms. The molecule has 3 rings (SSSR count). The predicted molar refractivity (Wildman–Crippen MR) is 93.6 cm³/mol. The third-order valence-corrected chi connectivity index (χ3v) is 4.10. The highest BCUT2D eigenvalue weighted by Gasteiger charge is 2.16. The van der Waals surface area contributed by atoms with Crippen molar-refractivity contribution in [3.05, 3.63) is 59.7 Å². The lowest BCUT2D eigenvalue weighted by Gasteiger charge is -2.29. The lowest BCUT2D eigenvalue weighted by molar-refractivity contribution is 0.0996. The number of ether oxygens (including phenoxy) is 2. The van der Waals surface area contributed by atoms with Crippen molar-refractivity contribution in [3.63, 3.8) is 0 Å². The molecule has 2 aromatic carbocycles. The van der Waals surface area contributed by atoms with Gasteiger partial charge in [-0.15, -0.1) is 0 Å². The summed E-state index contributed by atoms with van der Waals surface area (Å²) in [4.78, 5) is 13.9. The van der Waals surface area contributed by atoms with Gasteiger partial charge < -0.3 is 20.1 Å². The Labute approximate surface area is 142 Å². The van der Waals surface area contributed by atoms with Gasteiger partial charge in [0.2, 0.25) is 0 Å². The molecule has 0 radical (unpaired) electrons. The number of rotatable bonds is 6. The Bertz CT molecular complexity index is 682. The Morgan fingerprint density at radius 1 is 1.12 bits per heavy atom. The molecule has 5 nitrogen and oxygen atoms in total. The number of benzene rings is 2. The van der Waals surface area contributed by atoms with Gasteiger partial charge in [-0.25, -0.2) is 0 Å². The van der Waals surface area contributed by atoms with E-state index in [1.54, 1.807) is 6.07 Å². The van der Waals surface area contributed by atoms with Crippen LogP contribution in [0, 0.1) is 0 Å². The van der Waals surface area contributed by atoms with Crippen LogP contribution in [0.1, 0.15) is 15.9 Å². The van der Waals surface area contributed by atoms with Gasteiger partial charge in [-0.1, -0.05) is 30.3 Å². The van der Waals surface area contributed by atoms with Gasteiger partial charge in [-0.3, -0.25) is 4.79 Å². The van der Waals surface area contributed by atoms with Crippen LogP contribution >= 0.6 is 0 Å². The third kappa shape index (κ3) is 4.06. The van der Waals surface area contributed by atoms with Gasteiger partial charge in [0.05, 0.1) is 25.4 Å². The Hall–Kier alpha value is -2.53. The smallest absolute Gasteiger partial charge is 0.252 e. The van der Waals surface area contributed by atoms with Gasteiger partial charge in [0, 0.05) is 31.3 Å². The second kappa shape index (κ2) is 7.84. The van der Waals surface area contributed by atoms with Crippen molar-refractivity contribution in [1.29, 1.82) is 0 Å². The van der Waals surface area contributed by atoms with E-state index in [2.05, 4.69) is 17.0 Å². The first-order chi connectivity index (χ1) is 11.7. The minimum Gasteiger partial charge on any atom is -0.492 e. The summed E-state index contributed by atoms with van der Waals surface area (Å²) in [6.07, 6.45) is 0.779. The number of morpholine rings is 1. The maximum Gasteiger partial charge on any atom is 0.252 e. The molecule has 0 aliphatic carbocycles. The van der Waals surface area contributed by atoms with Crippen LogP contribution in [0.3, 0.4) is 0 Å². The van der Waals surface area contributed by atoms with Crippen LogP contribution in [0.5, 0.6) is 5.75 Å². The molecule has 0 unspecified atom stereocenters. The molecular formula is C19H22N2O3. The zero-order chi connectivity index (χ0) is 16.8. The minimum atomic E-state index is -0.474. The first-order valence-corrected chi connectivity index (χ1v) is 8.17. The van der Waals surface area contributed by atoms with Crippen molar-refractivity contribution in [2.24, 2.45) is 5.73 Å². The number of nitrogens with two attached hydrogens (primary N) is 1. The molecule has 1 fully saturated rings. The minimum absolute atomic E-state index is 0.417. The average Bonchev–Trinajstić information content (AvgIpc) is 2.63. The molecule has 126 valence electrons. The van der Waals surface area contributed by atoms with Crippen LogP contribution in [-0.4, -0.2) is 38.8 Å². The van der Waals surface area contributed by atoms with Crippen LogP contribution in [0.4, 0.5) is 5.69 Å². The summed E-state index contributed by atoms with van der Waals surface area (Å²) in [5.41, 5.74) is 8.11. The van der Waals surface area contributed by atoms with E-state index in [9.17, 15) is 4.79 Å². The van der Waals surface area contributed by atoms with Gasteiger partial charge in [0.25, 0.3) is 5.91 Å². The molecule has 0 aromatic heterocycles. The highest BCUT2D eigenvalue weighted by molar-refractivity contribution is 5.96. The molecule has 0 bridgehead atoms. The van der Waals surface area contributed by atoms with E-state index in [4.69, 9.17) is 15.2 Å². The van der Waals surface area contributed by atoms with Crippen molar-refractivity contribution in [1.82, 2.24) is 0 Å². The van der Waals surface area contributed by atoms with E-state index >= 15 is 0 Å². The molecule has 1 amide bonds. The van der Waals surface area contributed by atoms with E-state index in [0.29, 0.717) is 31.1 Å². The maximum atomic E-state index is 11.7. The lowest BCUT2D eigenvalue weighted by Crippen LogP contribution is -2.36. The van der Waals surface area contributed by atoms with Gasteiger partial charge in [-0.2, -0.15) is 0 Å². The highest BCUT2D eigenvalue weighted by atomic mass is 16.5. The van der Waals surface area contributed by atoms with Crippen molar-refractivity contribution >= 4 is 11.6 Å². The summed E-state index contributed by atoms with van der Waals surface area (Å²) in [7, 11) is 0. The fourth-order valence-electron chi connectivity index (χ4n) is 2.78. The average molecular weight is 326 g/mol. The first kappa shape index (κ1) is 16.3. The molecule has 1 heterocycles. The first-order valence-electron chi connectivity index (χ1n) is 8.17. The van der Waals surface area contributed by atoms with Gasteiger partial charge >= 0.3 is 0 Å². The van der Waals surface area contributed by atoms with Crippen molar-refractivity contribution < 1.29 is 14.3 Å². The van der Waals surface area contributed by atoms with Crippen LogP contribution in [0.25, 0.3) is 0 Å². The van der Waals surface area contributed by atoms with Crippen molar-refractivity contribution in [2.75, 3.05) is 37.8 Å². The van der Waals surface area contributed by atoms with Gasteiger partial charge in [0.1, 0.15) is 5.75 Å². The molecular weight excluding hydrogens is 304 g/mol. The molecule has 2 N–H and O–H groups in total. The third-order valence-electron chi connectivity index (χ3n) is 4.10. The number of carbonyl (C=O) groups excluding carboxylic acids is 1. The van der Waals surface area contributed by atoms with Crippen molar-refractivity contribution in [3.8, 4) is 5.75 Å². The lowest BCUT2D eigenvalue weighted by atomic mass is 10.1. The van der Waals surface area contributed by atoms with E-state index < -0.39 is 5.91 Å². The predicted octanol–water partition coefficient (Wildman–Crippen LogP) is 2.24. The molecule has 0 spiro atoms. The van der Waals surface area contributed by atoms with Crippen LogP contribution in [-0.2, 0) is 11.2 Å². The van der Waals surface area contributed by atoms with E-state index in [-0.39, 0.29) is 0 Å². The van der Waals surface area contributed by atoms with Crippen LogP contribution < -0.4 is 15.4 Å². The Kier molecular flexibility index (Phi) is 5.33. The number of nitrogens with zero attached hydrogens (tertiary/aromatic N) is 1. The molecule has 1 aliphatic heterocycles. The second-order valence-corrected chi connectivity index (χ2v) is 5.73. The quantitative estimate of drug-likeness (QED) is 0.884. The Morgan fingerprint density at radius 3 is 2.58 bits per heavy atom. The number of hydrogen-bond donors (Lipinski definition) is 1. The number of anilines is 1. The van der Waals surface area contributed by atoms with E-state index in [1.165, 1.54) is 5.56 Å². The Morgan fingerprint density at radius 2 is 1.88 bits per heavy atom. The summed E-state index contributed by atoms with van der Waals surface area (Å²) in [5.74, 6) is 0.0701. The molecule has 0 saturated carbocycles. The highest BCUT2D eigenvalue weighted by Crippen LogP contribution is 2.26. The molecule has 1 saturated heterocycles. The zero-order valence-corrected chi connectivity index (χ0v) is 13.6. The summed E-state index contributed by atoms with van der Waals surface area (Å²) in [6, 6.07) is 15.7. The molecule has 1 aliphatic rings. The van der Waals surface area contributed by atoms with E-state index in [0.717, 1.165) is 25.2 Å². The summed E-state index contributed by atoms with van der Waals surface area (Å²) >= 11 is 0. The molecule has 24 heavy (non-hydrogen) atoms. The summed E-state index contributed by atoms with van der Waals surface area (Å²) < 4.78 is 11.3. The van der Waals surface area contributed by atoms with Crippen LogP contribution in [0.2, 0.25) is 0 Å². The second-order valence-electron chi connectivity index (χ2n) is 5.73. The Balaban J connectivity index is 1.72. The molecule has 0 atom stereocenters. The SMILES string of the molecule is NC(=O)c1ccc(N2CCOCC2)cc1OCCc1ccccc1. The number of carbonyl (C=O) groups is 1.